The summed E-state index contributed by atoms with van der Waals surface area (Å²) in [5.74, 6) is 1.95. The molecule has 19 heavy (non-hydrogen) atoms. The van der Waals surface area contributed by atoms with Crippen molar-refractivity contribution in [2.45, 2.75) is 19.8 Å². The highest BCUT2D eigenvalue weighted by atomic mass is 35.5. The van der Waals surface area contributed by atoms with Gasteiger partial charge in [-0.05, 0) is 37.8 Å². The zero-order valence-electron chi connectivity index (χ0n) is 11.5. The van der Waals surface area contributed by atoms with Gasteiger partial charge in [-0.1, -0.05) is 11.6 Å². The van der Waals surface area contributed by atoms with Gasteiger partial charge in [-0.3, -0.25) is 4.79 Å². The number of benzene rings is 1. The molecule has 4 heteroatoms. The van der Waals surface area contributed by atoms with Crippen LogP contribution in [0.1, 0.15) is 28.8 Å². The Balaban J connectivity index is 2.14. The number of amides is 1. The number of hydrogen-bond donors (Lipinski definition) is 0. The van der Waals surface area contributed by atoms with E-state index in [2.05, 4.69) is 0 Å². The molecule has 0 atom stereocenters. The summed E-state index contributed by atoms with van der Waals surface area (Å²) in [6.45, 7) is 3.55. The quantitative estimate of drug-likeness (QED) is 0.797. The standard InChI is InChI=1S/C15H20ClNO2/c1-11-3-4-14(19-2)13(9-11)15(18)17-7-5-12(10-16)6-8-17/h3-4,9,12H,5-8,10H2,1-2H3. The molecule has 1 amide bonds. The lowest BCUT2D eigenvalue weighted by atomic mass is 9.98. The molecule has 0 aliphatic carbocycles. The van der Waals surface area contributed by atoms with E-state index >= 15 is 0 Å². The van der Waals surface area contributed by atoms with Gasteiger partial charge in [0.1, 0.15) is 5.75 Å². The Kier molecular flexibility index (Phi) is 4.70. The number of carbonyl (C=O) groups is 1. The van der Waals surface area contributed by atoms with Crippen molar-refractivity contribution in [3.63, 3.8) is 0 Å². The number of carbonyl (C=O) groups excluding carboxylic acids is 1. The molecule has 1 aromatic carbocycles. The molecule has 0 spiro atoms. The van der Waals surface area contributed by atoms with E-state index in [-0.39, 0.29) is 5.91 Å². The maximum atomic E-state index is 12.5. The van der Waals surface area contributed by atoms with Gasteiger partial charge in [-0.15, -0.1) is 11.6 Å². The Bertz CT molecular complexity index is 453. The number of piperidine rings is 1. The number of rotatable bonds is 3. The molecular formula is C15H20ClNO2. The molecular weight excluding hydrogens is 262 g/mol. The molecule has 104 valence electrons. The van der Waals surface area contributed by atoms with E-state index in [0.29, 0.717) is 23.1 Å². The van der Waals surface area contributed by atoms with Gasteiger partial charge in [0.15, 0.2) is 0 Å². The van der Waals surface area contributed by atoms with Crippen LogP contribution in [-0.2, 0) is 0 Å². The summed E-state index contributed by atoms with van der Waals surface area (Å²) in [6, 6.07) is 5.71. The van der Waals surface area contributed by atoms with Crippen molar-refractivity contribution in [1.82, 2.24) is 4.90 Å². The number of likely N-dealkylation sites (tertiary alicyclic amines) is 1. The van der Waals surface area contributed by atoms with Crippen molar-refractivity contribution >= 4 is 17.5 Å². The van der Waals surface area contributed by atoms with Crippen LogP contribution in [-0.4, -0.2) is 36.9 Å². The minimum Gasteiger partial charge on any atom is -0.496 e. The Hall–Kier alpha value is -1.22. The summed E-state index contributed by atoms with van der Waals surface area (Å²) < 4.78 is 5.29. The third-order valence-corrected chi connectivity index (χ3v) is 4.14. The first-order valence-corrected chi connectivity index (χ1v) is 7.19. The predicted octanol–water partition coefficient (Wildman–Crippen LogP) is 3.09. The second-order valence-corrected chi connectivity index (χ2v) is 5.40. The first kappa shape index (κ1) is 14.2. The number of methoxy groups -OCH3 is 1. The number of alkyl halides is 1. The summed E-state index contributed by atoms with van der Waals surface area (Å²) in [5.41, 5.74) is 1.73. The zero-order valence-corrected chi connectivity index (χ0v) is 12.2. The van der Waals surface area contributed by atoms with Gasteiger partial charge in [-0.25, -0.2) is 0 Å². The Labute approximate surface area is 119 Å². The monoisotopic (exact) mass is 281 g/mol. The third-order valence-electron chi connectivity index (χ3n) is 3.71. The second kappa shape index (κ2) is 6.29. The summed E-state index contributed by atoms with van der Waals surface area (Å²) in [4.78, 5) is 14.4. The zero-order chi connectivity index (χ0) is 13.8. The topological polar surface area (TPSA) is 29.5 Å². The average molecular weight is 282 g/mol. The van der Waals surface area contributed by atoms with Gasteiger partial charge in [0.25, 0.3) is 5.91 Å². The van der Waals surface area contributed by atoms with Crippen LogP contribution in [0.3, 0.4) is 0 Å². The largest absolute Gasteiger partial charge is 0.496 e. The molecule has 0 aromatic heterocycles. The maximum absolute atomic E-state index is 12.5. The van der Waals surface area contributed by atoms with Gasteiger partial charge >= 0.3 is 0 Å². The molecule has 1 fully saturated rings. The lowest BCUT2D eigenvalue weighted by Gasteiger charge is -2.31. The minimum absolute atomic E-state index is 0.0635. The van der Waals surface area contributed by atoms with Crippen LogP contribution >= 0.6 is 11.6 Å². The first-order chi connectivity index (χ1) is 9.15. The molecule has 0 unspecified atom stereocenters. The molecule has 0 N–H and O–H groups in total. The van der Waals surface area contributed by atoms with Crippen LogP contribution < -0.4 is 4.74 Å². The van der Waals surface area contributed by atoms with Crippen molar-refractivity contribution < 1.29 is 9.53 Å². The predicted molar refractivity (Wildman–Crippen MR) is 77.1 cm³/mol. The fourth-order valence-electron chi connectivity index (χ4n) is 2.45. The lowest BCUT2D eigenvalue weighted by Crippen LogP contribution is -2.39. The van der Waals surface area contributed by atoms with E-state index in [4.69, 9.17) is 16.3 Å². The van der Waals surface area contributed by atoms with E-state index in [1.165, 1.54) is 0 Å². The normalized spacial score (nSPS) is 16.5. The number of ether oxygens (including phenoxy) is 1. The van der Waals surface area contributed by atoms with Crippen LogP contribution in [0.2, 0.25) is 0 Å². The van der Waals surface area contributed by atoms with E-state index in [9.17, 15) is 4.79 Å². The summed E-state index contributed by atoms with van der Waals surface area (Å²) >= 11 is 5.87. The highest BCUT2D eigenvalue weighted by molar-refractivity contribution is 6.18. The first-order valence-electron chi connectivity index (χ1n) is 6.65. The molecule has 0 saturated carbocycles. The Morgan fingerprint density at radius 2 is 2.11 bits per heavy atom. The molecule has 3 nitrogen and oxygen atoms in total. The van der Waals surface area contributed by atoms with Crippen molar-refractivity contribution in [3.05, 3.63) is 29.3 Å². The summed E-state index contributed by atoms with van der Waals surface area (Å²) in [7, 11) is 1.60. The van der Waals surface area contributed by atoms with Crippen molar-refractivity contribution in [3.8, 4) is 5.75 Å². The fraction of sp³-hybridized carbons (Fsp3) is 0.533. The molecule has 0 bridgehead atoms. The number of nitrogens with zero attached hydrogens (tertiary/aromatic N) is 1. The molecule has 1 heterocycles. The van der Waals surface area contributed by atoms with E-state index in [1.54, 1.807) is 7.11 Å². The van der Waals surface area contributed by atoms with Crippen molar-refractivity contribution in [1.29, 1.82) is 0 Å². The van der Waals surface area contributed by atoms with Crippen LogP contribution in [0, 0.1) is 12.8 Å². The summed E-state index contributed by atoms with van der Waals surface area (Å²) in [6.07, 6.45) is 1.98. The number of hydrogen-bond acceptors (Lipinski definition) is 2. The van der Waals surface area contributed by atoms with Gasteiger partial charge in [0.05, 0.1) is 12.7 Å². The van der Waals surface area contributed by atoms with Gasteiger partial charge < -0.3 is 9.64 Å². The van der Waals surface area contributed by atoms with E-state index in [0.717, 1.165) is 31.5 Å². The molecule has 1 aliphatic heterocycles. The highest BCUT2D eigenvalue weighted by Gasteiger charge is 2.25. The molecule has 0 radical (unpaired) electrons. The van der Waals surface area contributed by atoms with Gasteiger partial charge in [0, 0.05) is 19.0 Å². The maximum Gasteiger partial charge on any atom is 0.257 e. The van der Waals surface area contributed by atoms with Crippen LogP contribution in [0.15, 0.2) is 18.2 Å². The SMILES string of the molecule is COc1ccc(C)cc1C(=O)N1CCC(CCl)CC1. The summed E-state index contributed by atoms with van der Waals surface area (Å²) in [5, 5.41) is 0. The number of aryl methyl sites for hydroxylation is 1. The minimum atomic E-state index is 0.0635. The number of halogens is 1. The highest BCUT2D eigenvalue weighted by Crippen LogP contribution is 2.25. The van der Waals surface area contributed by atoms with Crippen molar-refractivity contribution in [2.75, 3.05) is 26.1 Å². The van der Waals surface area contributed by atoms with E-state index in [1.807, 2.05) is 30.0 Å². The van der Waals surface area contributed by atoms with Crippen LogP contribution in [0.25, 0.3) is 0 Å². The van der Waals surface area contributed by atoms with Gasteiger partial charge in [0.2, 0.25) is 0 Å². The molecule has 1 aromatic rings. The lowest BCUT2D eigenvalue weighted by molar-refractivity contribution is 0.0695. The Morgan fingerprint density at radius 1 is 1.42 bits per heavy atom. The van der Waals surface area contributed by atoms with Crippen molar-refractivity contribution in [2.24, 2.45) is 5.92 Å². The fourth-order valence-corrected chi connectivity index (χ4v) is 2.76. The third kappa shape index (κ3) is 3.21. The van der Waals surface area contributed by atoms with E-state index < -0.39 is 0 Å². The molecule has 1 saturated heterocycles. The molecule has 2 rings (SSSR count). The second-order valence-electron chi connectivity index (χ2n) is 5.09. The molecule has 1 aliphatic rings. The van der Waals surface area contributed by atoms with Gasteiger partial charge in [-0.2, -0.15) is 0 Å². The smallest absolute Gasteiger partial charge is 0.257 e. The van der Waals surface area contributed by atoms with Crippen LogP contribution in [0.4, 0.5) is 0 Å². The Morgan fingerprint density at radius 3 is 2.68 bits per heavy atom. The van der Waals surface area contributed by atoms with Crippen LogP contribution in [0.5, 0.6) is 5.75 Å². The average Bonchev–Trinajstić information content (AvgIpc) is 2.46.